The van der Waals surface area contributed by atoms with Crippen LogP contribution in [0.15, 0.2) is 41.7 Å². The fourth-order valence-corrected chi connectivity index (χ4v) is 4.69. The molecule has 0 spiro atoms. The van der Waals surface area contributed by atoms with E-state index < -0.39 is 49.8 Å². The van der Waals surface area contributed by atoms with E-state index in [-0.39, 0.29) is 42.5 Å². The molecule has 0 amide bonds. The molecule has 2 aromatic heterocycles. The van der Waals surface area contributed by atoms with Crippen LogP contribution in [0.1, 0.15) is 32.3 Å². The van der Waals surface area contributed by atoms with Gasteiger partial charge < -0.3 is 14.8 Å². The third kappa shape index (κ3) is 5.84. The van der Waals surface area contributed by atoms with Crippen molar-refractivity contribution in [1.82, 2.24) is 19.7 Å². The van der Waals surface area contributed by atoms with Crippen LogP contribution in [0.5, 0.6) is 0 Å². The van der Waals surface area contributed by atoms with Gasteiger partial charge in [-0.15, -0.1) is 0 Å². The summed E-state index contributed by atoms with van der Waals surface area (Å²) >= 11 is 0. The standard InChI is InChI=1S/C23H24F4N6O4S/c1-22(2,35)12-32-10-14(8-30-32)20-17(23(25,26)27)9-29-21(31-20)33(15-5-13(6-15)11-34)19-4-3-16(7-18(19)24)38(28,36)37/h3-4,7-11,13,15,35H,5-6,12H2,1-2H3,(H2,28,36,37). The third-order valence-electron chi connectivity index (χ3n) is 5.97. The zero-order chi connectivity index (χ0) is 28.0. The van der Waals surface area contributed by atoms with E-state index in [1.165, 1.54) is 29.6 Å². The van der Waals surface area contributed by atoms with Gasteiger partial charge in [-0.2, -0.15) is 18.3 Å². The van der Waals surface area contributed by atoms with E-state index in [4.69, 9.17) is 5.14 Å². The second kappa shape index (κ2) is 9.71. The lowest BCUT2D eigenvalue weighted by Crippen LogP contribution is -2.44. The molecule has 1 fully saturated rings. The number of primary sulfonamides is 1. The van der Waals surface area contributed by atoms with E-state index in [1.807, 2.05) is 0 Å². The highest BCUT2D eigenvalue weighted by Gasteiger charge is 2.40. The van der Waals surface area contributed by atoms with Gasteiger partial charge in [-0.3, -0.25) is 4.68 Å². The first-order chi connectivity index (χ1) is 17.6. The lowest BCUT2D eigenvalue weighted by molar-refractivity contribution is -0.137. The Labute approximate surface area is 215 Å². The van der Waals surface area contributed by atoms with Gasteiger partial charge in [0, 0.05) is 29.9 Å². The number of nitrogens with two attached hydrogens (primary N) is 1. The molecule has 3 N–H and O–H groups in total. The molecular weight excluding hydrogens is 532 g/mol. The minimum atomic E-state index is -4.83. The number of aromatic nitrogens is 4. The van der Waals surface area contributed by atoms with Crippen LogP contribution in [0.4, 0.5) is 29.2 Å². The number of halogens is 4. The number of carbonyl (C=O) groups is 1. The average molecular weight is 557 g/mol. The summed E-state index contributed by atoms with van der Waals surface area (Å²) in [4.78, 5) is 20.0. The van der Waals surface area contributed by atoms with Crippen LogP contribution in [0, 0.1) is 11.7 Å². The molecule has 0 saturated heterocycles. The van der Waals surface area contributed by atoms with Crippen molar-refractivity contribution >= 4 is 27.9 Å². The number of benzene rings is 1. The van der Waals surface area contributed by atoms with Crippen LogP contribution in [0.2, 0.25) is 0 Å². The fourth-order valence-electron chi connectivity index (χ4n) is 4.16. The molecule has 1 aliphatic rings. The van der Waals surface area contributed by atoms with Gasteiger partial charge in [0.15, 0.2) is 0 Å². The lowest BCUT2D eigenvalue weighted by Gasteiger charge is -2.41. The van der Waals surface area contributed by atoms with Gasteiger partial charge in [0.1, 0.15) is 17.7 Å². The number of rotatable bonds is 8. The van der Waals surface area contributed by atoms with Crippen molar-refractivity contribution in [2.24, 2.45) is 11.1 Å². The molecule has 1 aromatic carbocycles. The van der Waals surface area contributed by atoms with E-state index in [9.17, 15) is 31.5 Å². The van der Waals surface area contributed by atoms with Crippen molar-refractivity contribution in [2.45, 2.75) is 55.9 Å². The van der Waals surface area contributed by atoms with Crippen LogP contribution in [-0.4, -0.2) is 51.2 Å². The number of nitrogens with zero attached hydrogens (tertiary/aromatic N) is 5. The molecule has 4 rings (SSSR count). The monoisotopic (exact) mass is 556 g/mol. The van der Waals surface area contributed by atoms with Crippen molar-refractivity contribution < 1.29 is 35.9 Å². The van der Waals surface area contributed by atoms with Crippen molar-refractivity contribution in [1.29, 1.82) is 0 Å². The van der Waals surface area contributed by atoms with Gasteiger partial charge >= 0.3 is 6.18 Å². The van der Waals surface area contributed by atoms with Gasteiger partial charge in [-0.25, -0.2) is 27.9 Å². The largest absolute Gasteiger partial charge is 0.419 e. The smallest absolute Gasteiger partial charge is 0.389 e. The van der Waals surface area contributed by atoms with Gasteiger partial charge in [-0.1, -0.05) is 0 Å². The summed E-state index contributed by atoms with van der Waals surface area (Å²) in [7, 11) is -4.22. The second-order valence-corrected chi connectivity index (χ2v) is 11.3. The molecule has 1 aliphatic carbocycles. The summed E-state index contributed by atoms with van der Waals surface area (Å²) in [6.07, 6.45) is -0.581. The zero-order valence-corrected chi connectivity index (χ0v) is 21.0. The second-order valence-electron chi connectivity index (χ2n) is 9.72. The first-order valence-electron chi connectivity index (χ1n) is 11.3. The molecule has 0 atom stereocenters. The van der Waals surface area contributed by atoms with Gasteiger partial charge in [0.2, 0.25) is 16.0 Å². The molecule has 3 aromatic rings. The predicted molar refractivity (Wildman–Crippen MR) is 127 cm³/mol. The van der Waals surface area contributed by atoms with Crippen LogP contribution in [-0.2, 0) is 27.5 Å². The highest BCUT2D eigenvalue weighted by atomic mass is 32.2. The maximum Gasteiger partial charge on any atom is 0.419 e. The van der Waals surface area contributed by atoms with Crippen LogP contribution in [0.3, 0.4) is 0 Å². The van der Waals surface area contributed by atoms with Crippen molar-refractivity contribution in [2.75, 3.05) is 4.90 Å². The molecule has 0 radical (unpaired) electrons. The Balaban J connectivity index is 1.85. The number of aldehydes is 1. The van der Waals surface area contributed by atoms with Gasteiger partial charge in [0.05, 0.1) is 34.6 Å². The lowest BCUT2D eigenvalue weighted by atomic mass is 9.80. The fraction of sp³-hybridized carbons (Fsp3) is 0.391. The molecule has 2 heterocycles. The summed E-state index contributed by atoms with van der Waals surface area (Å²) in [6, 6.07) is 2.31. The molecule has 0 aliphatic heterocycles. The van der Waals surface area contributed by atoms with Crippen molar-refractivity contribution in [3.63, 3.8) is 0 Å². The first kappa shape index (κ1) is 27.6. The summed E-state index contributed by atoms with van der Waals surface area (Å²) < 4.78 is 81.4. The van der Waals surface area contributed by atoms with Crippen molar-refractivity contribution in [3.8, 4) is 11.3 Å². The van der Waals surface area contributed by atoms with Gasteiger partial charge in [0.25, 0.3) is 0 Å². The number of sulfonamides is 1. The highest BCUT2D eigenvalue weighted by Crippen LogP contribution is 2.41. The number of carbonyl (C=O) groups excluding carboxylic acids is 1. The van der Waals surface area contributed by atoms with Crippen molar-refractivity contribution in [3.05, 3.63) is 48.2 Å². The zero-order valence-electron chi connectivity index (χ0n) is 20.2. The number of hydrogen-bond acceptors (Lipinski definition) is 8. The summed E-state index contributed by atoms with van der Waals surface area (Å²) in [5.74, 6) is -1.66. The van der Waals surface area contributed by atoms with Crippen LogP contribution in [0.25, 0.3) is 11.3 Å². The SMILES string of the molecule is CC(C)(O)Cn1cc(-c2nc(N(c3ccc(S(N)(=O)=O)cc3F)C3CC(C=O)C3)ncc2C(F)(F)F)cn1. The maximum atomic E-state index is 15.2. The van der Waals surface area contributed by atoms with E-state index >= 15 is 4.39 Å². The number of hydrogen-bond donors (Lipinski definition) is 2. The van der Waals surface area contributed by atoms with Gasteiger partial charge in [-0.05, 0) is 44.9 Å². The molecule has 38 heavy (non-hydrogen) atoms. The predicted octanol–water partition coefficient (Wildman–Crippen LogP) is 3.03. The number of anilines is 2. The first-order valence-corrected chi connectivity index (χ1v) is 12.9. The topological polar surface area (TPSA) is 144 Å². The molecule has 15 heteroatoms. The summed E-state index contributed by atoms with van der Waals surface area (Å²) in [6.45, 7) is 3.02. The molecule has 0 unspecified atom stereocenters. The molecule has 10 nitrogen and oxygen atoms in total. The number of alkyl halides is 3. The highest BCUT2D eigenvalue weighted by molar-refractivity contribution is 7.89. The van der Waals surface area contributed by atoms with E-state index in [0.29, 0.717) is 12.3 Å². The Hall–Kier alpha value is -3.43. The number of aliphatic hydroxyl groups is 1. The maximum absolute atomic E-state index is 15.2. The summed E-state index contributed by atoms with van der Waals surface area (Å²) in [5, 5.41) is 19.1. The Morgan fingerprint density at radius 3 is 2.47 bits per heavy atom. The Morgan fingerprint density at radius 1 is 1.24 bits per heavy atom. The van der Waals surface area contributed by atoms with E-state index in [2.05, 4.69) is 15.1 Å². The average Bonchev–Trinajstić information content (AvgIpc) is 3.21. The molecule has 0 bridgehead atoms. The molecular formula is C23H24F4N6O4S. The van der Waals surface area contributed by atoms with Crippen LogP contribution >= 0.6 is 0 Å². The van der Waals surface area contributed by atoms with Crippen LogP contribution < -0.4 is 10.0 Å². The third-order valence-corrected chi connectivity index (χ3v) is 6.88. The Kier molecular flexibility index (Phi) is 7.05. The summed E-state index contributed by atoms with van der Waals surface area (Å²) in [5.41, 5.74) is -3.09. The quantitative estimate of drug-likeness (QED) is 0.318. The van der Waals surface area contributed by atoms with E-state index in [1.54, 1.807) is 0 Å². The minimum absolute atomic E-state index is 0.00478. The van der Waals surface area contributed by atoms with E-state index in [0.717, 1.165) is 24.6 Å². The molecule has 1 saturated carbocycles. The Bertz CT molecular complexity index is 1460. The normalized spacial score (nSPS) is 18.2. The minimum Gasteiger partial charge on any atom is -0.389 e. The Morgan fingerprint density at radius 2 is 1.92 bits per heavy atom. The molecule has 204 valence electrons.